The highest BCUT2D eigenvalue weighted by molar-refractivity contribution is 8.23. The average Bonchev–Trinajstić information content (AvgIpc) is 2.76. The van der Waals surface area contributed by atoms with Gasteiger partial charge in [0.05, 0.1) is 30.7 Å². The Labute approximate surface area is 203 Å². The lowest BCUT2D eigenvalue weighted by Gasteiger charge is -2.35. The Morgan fingerprint density at radius 3 is 2.65 bits per heavy atom. The van der Waals surface area contributed by atoms with Crippen molar-refractivity contribution in [1.82, 2.24) is 20.2 Å². The normalized spacial score (nSPS) is 17.0. The number of morpholine rings is 1. The maximum Gasteiger partial charge on any atom is 0.319 e. The molecule has 1 aromatic carbocycles. The Hall–Kier alpha value is -2.44. The van der Waals surface area contributed by atoms with Crippen molar-refractivity contribution in [3.05, 3.63) is 36.0 Å². The van der Waals surface area contributed by atoms with Gasteiger partial charge in [0, 0.05) is 36.7 Å². The number of carbonyl (C=O) groups is 1. The number of amides is 2. The Morgan fingerprint density at radius 2 is 2.00 bits per heavy atom. The standard InChI is InChI=1S/C23H36N6O4S/c1-17-15-33-13-12-29(17)21-14-20(16-34(4,31)32)25-22(27-21)18-6-8-19(9-7-18)26-23(30)24-10-5-11-28(2)3/h6-9,14,17,31-32H,5,10-13,15-16H2,1-4H3,(H2,24,26,30)/t17-/m0/s1. The van der Waals surface area contributed by atoms with Crippen molar-refractivity contribution in [3.63, 3.8) is 0 Å². The van der Waals surface area contributed by atoms with E-state index in [1.54, 1.807) is 12.1 Å². The van der Waals surface area contributed by atoms with Crippen LogP contribution in [0.15, 0.2) is 30.3 Å². The summed E-state index contributed by atoms with van der Waals surface area (Å²) in [4.78, 5) is 25.7. The summed E-state index contributed by atoms with van der Waals surface area (Å²) in [6.45, 7) is 5.50. The Balaban J connectivity index is 1.75. The molecular weight excluding hydrogens is 456 g/mol. The summed E-state index contributed by atoms with van der Waals surface area (Å²) < 4.78 is 25.6. The zero-order valence-electron chi connectivity index (χ0n) is 20.3. The summed E-state index contributed by atoms with van der Waals surface area (Å²) >= 11 is 0. The van der Waals surface area contributed by atoms with Gasteiger partial charge in [-0.15, -0.1) is 0 Å². The van der Waals surface area contributed by atoms with E-state index in [9.17, 15) is 13.9 Å². The fraction of sp³-hybridized carbons (Fsp3) is 0.522. The van der Waals surface area contributed by atoms with Crippen LogP contribution < -0.4 is 15.5 Å². The van der Waals surface area contributed by atoms with Crippen LogP contribution in [0.1, 0.15) is 19.0 Å². The molecule has 11 heteroatoms. The molecule has 0 saturated carbocycles. The van der Waals surface area contributed by atoms with Crippen LogP contribution in [0.25, 0.3) is 11.4 Å². The van der Waals surface area contributed by atoms with Gasteiger partial charge in [0.15, 0.2) is 5.82 Å². The molecule has 1 fully saturated rings. The molecule has 1 atom stereocenters. The van der Waals surface area contributed by atoms with Crippen LogP contribution in [-0.4, -0.2) is 89.2 Å². The first-order chi connectivity index (χ1) is 16.1. The third-order valence-electron chi connectivity index (χ3n) is 5.32. The molecule has 4 N–H and O–H groups in total. The van der Waals surface area contributed by atoms with Crippen molar-refractivity contribution in [1.29, 1.82) is 0 Å². The van der Waals surface area contributed by atoms with Crippen LogP contribution >= 0.6 is 10.6 Å². The van der Waals surface area contributed by atoms with E-state index >= 15 is 0 Å². The van der Waals surface area contributed by atoms with Crippen molar-refractivity contribution in [2.45, 2.75) is 25.1 Å². The highest BCUT2D eigenvalue weighted by atomic mass is 32.3. The lowest BCUT2D eigenvalue weighted by molar-refractivity contribution is 0.0985. The number of nitrogens with one attached hydrogen (secondary N) is 2. The number of nitrogens with zero attached hydrogens (tertiary/aromatic N) is 4. The number of anilines is 2. The summed E-state index contributed by atoms with van der Waals surface area (Å²) in [7, 11) is 1.24. The number of carbonyl (C=O) groups excluding carboxylic acids is 1. The molecule has 2 heterocycles. The highest BCUT2D eigenvalue weighted by Crippen LogP contribution is 2.38. The topological polar surface area (TPSA) is 123 Å². The molecule has 0 aliphatic carbocycles. The third-order valence-corrected chi connectivity index (χ3v) is 6.16. The van der Waals surface area contributed by atoms with E-state index in [1.807, 2.05) is 32.3 Å². The molecule has 1 saturated heterocycles. The fourth-order valence-electron chi connectivity index (χ4n) is 3.66. The highest BCUT2D eigenvalue weighted by Gasteiger charge is 2.22. The summed E-state index contributed by atoms with van der Waals surface area (Å²) in [5.41, 5.74) is 2.00. The Bertz CT molecular complexity index is 951. The van der Waals surface area contributed by atoms with Crippen LogP contribution in [-0.2, 0) is 10.5 Å². The Kier molecular flexibility index (Phi) is 9.09. The van der Waals surface area contributed by atoms with E-state index in [4.69, 9.17) is 9.72 Å². The van der Waals surface area contributed by atoms with Crippen molar-refractivity contribution in [2.75, 3.05) is 63.4 Å². The van der Waals surface area contributed by atoms with Crippen molar-refractivity contribution >= 4 is 28.1 Å². The van der Waals surface area contributed by atoms with Crippen molar-refractivity contribution in [3.8, 4) is 11.4 Å². The quantitative estimate of drug-likeness (QED) is 0.393. The minimum atomic E-state index is -2.76. The first-order valence-corrected chi connectivity index (χ1v) is 13.5. The number of aromatic nitrogens is 2. The number of rotatable bonds is 9. The number of hydrogen-bond donors (Lipinski definition) is 4. The maximum atomic E-state index is 12.1. The van der Waals surface area contributed by atoms with Crippen LogP contribution in [0.5, 0.6) is 0 Å². The van der Waals surface area contributed by atoms with Crippen LogP contribution in [0.2, 0.25) is 0 Å². The third kappa shape index (κ3) is 8.10. The minimum Gasteiger partial charge on any atom is -0.377 e. The number of benzene rings is 1. The fourth-order valence-corrected chi connectivity index (χ4v) is 4.36. The second-order valence-corrected chi connectivity index (χ2v) is 11.2. The molecule has 2 amide bonds. The second kappa shape index (κ2) is 11.8. The first kappa shape index (κ1) is 26.2. The molecule has 188 valence electrons. The molecule has 1 aliphatic heterocycles. The van der Waals surface area contributed by atoms with Gasteiger partial charge in [-0.25, -0.2) is 14.8 Å². The van der Waals surface area contributed by atoms with Gasteiger partial charge in [-0.3, -0.25) is 9.11 Å². The molecule has 0 radical (unpaired) electrons. The smallest absolute Gasteiger partial charge is 0.319 e. The zero-order chi connectivity index (χ0) is 24.7. The van der Waals surface area contributed by atoms with Gasteiger partial charge in [0.2, 0.25) is 0 Å². The number of hydrogen-bond acceptors (Lipinski definition) is 8. The Morgan fingerprint density at radius 1 is 1.26 bits per heavy atom. The van der Waals surface area contributed by atoms with Gasteiger partial charge in [-0.05, 0) is 58.3 Å². The van der Waals surface area contributed by atoms with Gasteiger partial charge in [0.1, 0.15) is 5.82 Å². The van der Waals surface area contributed by atoms with Crippen molar-refractivity contribution in [2.24, 2.45) is 0 Å². The lowest BCUT2D eigenvalue weighted by Crippen LogP contribution is -2.44. The number of ether oxygens (including phenoxy) is 1. The molecule has 10 nitrogen and oxygen atoms in total. The SMILES string of the molecule is C[C@H]1COCCN1c1cc(CS(C)(O)O)nc(-c2ccc(NC(=O)NCCCN(C)C)cc2)n1. The summed E-state index contributed by atoms with van der Waals surface area (Å²) in [6, 6.07) is 9.01. The predicted octanol–water partition coefficient (Wildman–Crippen LogP) is 3.32. The molecular formula is C23H36N6O4S. The molecule has 2 aromatic rings. The van der Waals surface area contributed by atoms with Crippen LogP contribution in [0.3, 0.4) is 0 Å². The molecule has 0 bridgehead atoms. The van der Waals surface area contributed by atoms with Gasteiger partial charge >= 0.3 is 6.03 Å². The van der Waals surface area contributed by atoms with E-state index in [0.717, 1.165) is 24.3 Å². The molecule has 1 aromatic heterocycles. The largest absolute Gasteiger partial charge is 0.377 e. The molecule has 34 heavy (non-hydrogen) atoms. The molecule has 3 rings (SSSR count). The molecule has 1 aliphatic rings. The maximum absolute atomic E-state index is 12.1. The monoisotopic (exact) mass is 492 g/mol. The molecule has 0 unspecified atom stereocenters. The van der Waals surface area contributed by atoms with E-state index in [2.05, 4.69) is 32.3 Å². The van der Waals surface area contributed by atoms with E-state index < -0.39 is 10.6 Å². The first-order valence-electron chi connectivity index (χ1n) is 11.3. The van der Waals surface area contributed by atoms with Crippen LogP contribution in [0.4, 0.5) is 16.3 Å². The molecule has 0 spiro atoms. The lowest BCUT2D eigenvalue weighted by atomic mass is 10.2. The summed E-state index contributed by atoms with van der Waals surface area (Å²) in [5.74, 6) is 1.29. The summed E-state index contributed by atoms with van der Waals surface area (Å²) in [6.07, 6.45) is 2.29. The predicted molar refractivity (Wildman–Crippen MR) is 138 cm³/mol. The summed E-state index contributed by atoms with van der Waals surface area (Å²) in [5, 5.41) is 5.68. The minimum absolute atomic E-state index is 0.0574. The van der Waals surface area contributed by atoms with Gasteiger partial charge in [-0.2, -0.15) is 10.6 Å². The van der Waals surface area contributed by atoms with Gasteiger partial charge in [-0.1, -0.05) is 0 Å². The van der Waals surface area contributed by atoms with E-state index in [-0.39, 0.29) is 17.8 Å². The van der Waals surface area contributed by atoms with Gasteiger partial charge in [0.25, 0.3) is 0 Å². The number of urea groups is 1. The van der Waals surface area contributed by atoms with E-state index in [1.165, 1.54) is 6.26 Å². The van der Waals surface area contributed by atoms with E-state index in [0.29, 0.717) is 43.5 Å². The average molecular weight is 493 g/mol. The zero-order valence-corrected chi connectivity index (χ0v) is 21.1. The van der Waals surface area contributed by atoms with Crippen LogP contribution in [0, 0.1) is 0 Å². The van der Waals surface area contributed by atoms with Crippen molar-refractivity contribution < 1.29 is 18.6 Å². The van der Waals surface area contributed by atoms with Gasteiger partial charge < -0.3 is 25.2 Å². The second-order valence-electron chi connectivity index (χ2n) is 8.91.